The van der Waals surface area contributed by atoms with E-state index in [0.717, 1.165) is 32.0 Å². The Balaban J connectivity index is 1.94. The average molecular weight is 254 g/mol. The maximum absolute atomic E-state index is 13.6. The van der Waals surface area contributed by atoms with Crippen molar-refractivity contribution in [2.24, 2.45) is 0 Å². The minimum atomic E-state index is -0.611. The smallest absolute Gasteiger partial charge is 0.272 e. The zero-order chi connectivity index (χ0) is 13.0. The molecular weight excluding hydrogens is 239 g/mol. The number of nitro groups is 1. The number of nitrogens with zero attached hydrogens (tertiary/aromatic N) is 1. The summed E-state index contributed by atoms with van der Waals surface area (Å²) in [5, 5.41) is 13.7. The van der Waals surface area contributed by atoms with Gasteiger partial charge in [-0.1, -0.05) is 0 Å². The van der Waals surface area contributed by atoms with Gasteiger partial charge < -0.3 is 10.1 Å². The molecule has 1 saturated heterocycles. The zero-order valence-electron chi connectivity index (χ0n) is 9.89. The summed E-state index contributed by atoms with van der Waals surface area (Å²) in [6.45, 7) is 1.98. The van der Waals surface area contributed by atoms with Gasteiger partial charge in [-0.15, -0.1) is 0 Å². The maximum atomic E-state index is 13.6. The minimum absolute atomic E-state index is 0.140. The van der Waals surface area contributed by atoms with E-state index in [-0.39, 0.29) is 18.4 Å². The van der Waals surface area contributed by atoms with Crippen LogP contribution in [0.4, 0.5) is 10.1 Å². The van der Waals surface area contributed by atoms with E-state index >= 15 is 0 Å². The molecule has 0 radical (unpaired) electrons. The standard InChI is InChI=1S/C12H15FN2O3/c13-12-7-10(15(16)17)2-1-9(12)8-18-11-3-5-14-6-4-11/h1-2,7,11,14H,3-6,8H2. The van der Waals surface area contributed by atoms with Crippen molar-refractivity contribution in [1.29, 1.82) is 0 Å². The molecule has 1 N–H and O–H groups in total. The van der Waals surface area contributed by atoms with Crippen molar-refractivity contribution in [3.05, 3.63) is 39.7 Å². The number of non-ortho nitro benzene ring substituents is 1. The zero-order valence-corrected chi connectivity index (χ0v) is 9.89. The molecule has 6 heteroatoms. The quantitative estimate of drug-likeness (QED) is 0.659. The number of hydrogen-bond donors (Lipinski definition) is 1. The van der Waals surface area contributed by atoms with Gasteiger partial charge in [-0.25, -0.2) is 4.39 Å². The Kier molecular flexibility index (Phi) is 4.22. The summed E-state index contributed by atoms with van der Waals surface area (Å²) in [6.07, 6.45) is 1.96. The summed E-state index contributed by atoms with van der Waals surface area (Å²) >= 11 is 0. The van der Waals surface area contributed by atoms with Crippen molar-refractivity contribution in [1.82, 2.24) is 5.32 Å². The van der Waals surface area contributed by atoms with Crippen LogP contribution in [0.15, 0.2) is 18.2 Å². The molecule has 1 aliphatic heterocycles. The molecule has 98 valence electrons. The molecule has 5 nitrogen and oxygen atoms in total. The predicted molar refractivity (Wildman–Crippen MR) is 63.7 cm³/mol. The van der Waals surface area contributed by atoms with Crippen molar-refractivity contribution >= 4 is 5.69 Å². The van der Waals surface area contributed by atoms with Crippen LogP contribution in [-0.2, 0) is 11.3 Å². The lowest BCUT2D eigenvalue weighted by molar-refractivity contribution is -0.385. The van der Waals surface area contributed by atoms with Crippen LogP contribution in [0.5, 0.6) is 0 Å². The monoisotopic (exact) mass is 254 g/mol. The van der Waals surface area contributed by atoms with Crippen LogP contribution in [0.2, 0.25) is 0 Å². The number of halogens is 1. The largest absolute Gasteiger partial charge is 0.373 e. The lowest BCUT2D eigenvalue weighted by atomic mass is 10.1. The van der Waals surface area contributed by atoms with Gasteiger partial charge in [-0.05, 0) is 32.0 Å². The molecule has 1 fully saturated rings. The molecule has 1 aromatic rings. The number of benzene rings is 1. The number of rotatable bonds is 4. The second kappa shape index (κ2) is 5.88. The van der Waals surface area contributed by atoms with Gasteiger partial charge >= 0.3 is 0 Å². The number of hydrogen-bond acceptors (Lipinski definition) is 4. The molecule has 0 atom stereocenters. The number of ether oxygens (including phenoxy) is 1. The molecule has 1 aromatic carbocycles. The first kappa shape index (κ1) is 12.9. The van der Waals surface area contributed by atoms with Gasteiger partial charge in [0.2, 0.25) is 0 Å². The molecule has 2 rings (SSSR count). The average Bonchev–Trinajstić information content (AvgIpc) is 2.38. The topological polar surface area (TPSA) is 64.4 Å². The molecule has 0 bridgehead atoms. The Hall–Kier alpha value is -1.53. The predicted octanol–water partition coefficient (Wildman–Crippen LogP) is 2.00. The van der Waals surface area contributed by atoms with Crippen LogP contribution in [-0.4, -0.2) is 24.1 Å². The highest BCUT2D eigenvalue weighted by Crippen LogP contribution is 2.18. The van der Waals surface area contributed by atoms with Crippen LogP contribution in [0, 0.1) is 15.9 Å². The Bertz CT molecular complexity index is 433. The fraction of sp³-hybridized carbons (Fsp3) is 0.500. The highest BCUT2D eigenvalue weighted by molar-refractivity contribution is 5.33. The second-order valence-electron chi connectivity index (χ2n) is 4.29. The van der Waals surface area contributed by atoms with E-state index in [0.29, 0.717) is 5.56 Å². The summed E-state index contributed by atoms with van der Waals surface area (Å²) in [5.41, 5.74) is 0.122. The number of nitro benzene ring substituents is 1. The molecule has 1 heterocycles. The van der Waals surface area contributed by atoms with E-state index in [1.54, 1.807) is 0 Å². The van der Waals surface area contributed by atoms with E-state index < -0.39 is 10.7 Å². The molecule has 1 aliphatic rings. The van der Waals surface area contributed by atoms with E-state index in [1.165, 1.54) is 12.1 Å². The van der Waals surface area contributed by atoms with Crippen LogP contribution in [0.25, 0.3) is 0 Å². The molecule has 0 aromatic heterocycles. The van der Waals surface area contributed by atoms with Crippen molar-refractivity contribution < 1.29 is 14.1 Å². The Morgan fingerprint density at radius 2 is 2.17 bits per heavy atom. The van der Waals surface area contributed by atoms with Crippen LogP contribution >= 0.6 is 0 Å². The van der Waals surface area contributed by atoms with Crippen LogP contribution < -0.4 is 5.32 Å². The minimum Gasteiger partial charge on any atom is -0.373 e. The Labute approximate surface area is 104 Å². The number of piperidine rings is 1. The lowest BCUT2D eigenvalue weighted by Crippen LogP contribution is -2.32. The third kappa shape index (κ3) is 3.24. The SMILES string of the molecule is O=[N+]([O-])c1ccc(COC2CCNCC2)c(F)c1. The van der Waals surface area contributed by atoms with Gasteiger partial charge in [0.15, 0.2) is 0 Å². The number of nitrogens with one attached hydrogen (secondary N) is 1. The summed E-state index contributed by atoms with van der Waals surface area (Å²) in [5.74, 6) is -0.585. The third-order valence-corrected chi connectivity index (χ3v) is 3.01. The van der Waals surface area contributed by atoms with Gasteiger partial charge in [0, 0.05) is 11.6 Å². The summed E-state index contributed by atoms with van der Waals surface area (Å²) in [6, 6.07) is 3.64. The molecule has 0 saturated carbocycles. The van der Waals surface area contributed by atoms with Gasteiger partial charge in [0.05, 0.1) is 23.7 Å². The molecule has 0 unspecified atom stereocenters. The normalized spacial score (nSPS) is 16.7. The van der Waals surface area contributed by atoms with E-state index in [9.17, 15) is 14.5 Å². The third-order valence-electron chi connectivity index (χ3n) is 3.01. The first-order valence-electron chi connectivity index (χ1n) is 5.92. The Morgan fingerprint density at radius 3 is 2.78 bits per heavy atom. The van der Waals surface area contributed by atoms with Gasteiger partial charge in [-0.2, -0.15) is 0 Å². The van der Waals surface area contributed by atoms with E-state index in [2.05, 4.69) is 5.32 Å². The summed E-state index contributed by atoms with van der Waals surface area (Å²) in [7, 11) is 0. The highest BCUT2D eigenvalue weighted by atomic mass is 19.1. The molecular formula is C12H15FN2O3. The van der Waals surface area contributed by atoms with E-state index in [1.807, 2.05) is 0 Å². The maximum Gasteiger partial charge on any atom is 0.272 e. The van der Waals surface area contributed by atoms with Crippen molar-refractivity contribution in [2.45, 2.75) is 25.6 Å². The van der Waals surface area contributed by atoms with Crippen LogP contribution in [0.3, 0.4) is 0 Å². The fourth-order valence-electron chi connectivity index (χ4n) is 1.94. The molecule has 0 spiro atoms. The fourth-order valence-corrected chi connectivity index (χ4v) is 1.94. The van der Waals surface area contributed by atoms with E-state index in [4.69, 9.17) is 4.74 Å². The molecule has 18 heavy (non-hydrogen) atoms. The van der Waals surface area contributed by atoms with Crippen molar-refractivity contribution in [3.8, 4) is 0 Å². The summed E-state index contributed by atoms with van der Waals surface area (Å²) in [4.78, 5) is 9.86. The second-order valence-corrected chi connectivity index (χ2v) is 4.29. The van der Waals surface area contributed by atoms with Crippen LogP contribution in [0.1, 0.15) is 18.4 Å². The van der Waals surface area contributed by atoms with Gasteiger partial charge in [0.1, 0.15) is 5.82 Å². The summed E-state index contributed by atoms with van der Waals surface area (Å²) < 4.78 is 19.2. The Morgan fingerprint density at radius 1 is 1.44 bits per heavy atom. The first-order chi connectivity index (χ1) is 8.66. The lowest BCUT2D eigenvalue weighted by Gasteiger charge is -2.23. The van der Waals surface area contributed by atoms with Gasteiger partial charge in [-0.3, -0.25) is 10.1 Å². The first-order valence-corrected chi connectivity index (χ1v) is 5.92. The van der Waals surface area contributed by atoms with Gasteiger partial charge in [0.25, 0.3) is 5.69 Å². The molecule has 0 amide bonds. The highest BCUT2D eigenvalue weighted by Gasteiger charge is 2.15. The van der Waals surface area contributed by atoms with Crippen molar-refractivity contribution in [3.63, 3.8) is 0 Å². The van der Waals surface area contributed by atoms with Crippen molar-refractivity contribution in [2.75, 3.05) is 13.1 Å². The molecule has 0 aliphatic carbocycles.